The van der Waals surface area contributed by atoms with Crippen LogP contribution in [0, 0.1) is 0 Å². The molecule has 138 valence electrons. The fourth-order valence-electron chi connectivity index (χ4n) is 2.92. The summed E-state index contributed by atoms with van der Waals surface area (Å²) in [5.74, 6) is -0.379. The van der Waals surface area contributed by atoms with Crippen LogP contribution in [0.4, 0.5) is 5.00 Å². The number of thioether (sulfide) groups is 1. The number of halogens is 1. The Labute approximate surface area is 165 Å². The Hall–Kier alpha value is -1.54. The first-order valence-corrected chi connectivity index (χ1v) is 10.5. The summed E-state index contributed by atoms with van der Waals surface area (Å²) >= 11 is 8.74. The predicted molar refractivity (Wildman–Crippen MR) is 108 cm³/mol. The fourth-order valence-corrected chi connectivity index (χ4v) is 5.05. The van der Waals surface area contributed by atoms with Crippen LogP contribution in [0.2, 0.25) is 5.02 Å². The molecule has 5 nitrogen and oxygen atoms in total. The Bertz CT molecular complexity index is 821. The maximum atomic E-state index is 12.3. The van der Waals surface area contributed by atoms with E-state index in [0.717, 1.165) is 41.4 Å². The molecule has 0 spiro atoms. The molecule has 0 saturated carbocycles. The maximum absolute atomic E-state index is 12.3. The SMILES string of the molecule is CCN1CCc2c(sc(NC(=O)CSc3ccc(Cl)cc3)c2C(N)=O)C1. The van der Waals surface area contributed by atoms with Crippen molar-refractivity contribution in [2.75, 3.05) is 24.2 Å². The van der Waals surface area contributed by atoms with Gasteiger partial charge in [-0.25, -0.2) is 0 Å². The van der Waals surface area contributed by atoms with Gasteiger partial charge in [-0.15, -0.1) is 23.1 Å². The van der Waals surface area contributed by atoms with E-state index in [-0.39, 0.29) is 11.7 Å². The molecule has 3 N–H and O–H groups in total. The second-order valence-corrected chi connectivity index (χ2v) is 8.57. The normalized spacial score (nSPS) is 14.1. The molecular formula is C18H20ClN3O2S2. The van der Waals surface area contributed by atoms with Crippen LogP contribution in [0.5, 0.6) is 0 Å². The number of thiophene rings is 1. The van der Waals surface area contributed by atoms with Crippen molar-refractivity contribution in [1.29, 1.82) is 0 Å². The number of primary amides is 1. The van der Waals surface area contributed by atoms with Gasteiger partial charge in [0.15, 0.2) is 0 Å². The second-order valence-electron chi connectivity index (χ2n) is 5.98. The summed E-state index contributed by atoms with van der Waals surface area (Å²) in [6.45, 7) is 4.78. The number of anilines is 1. The summed E-state index contributed by atoms with van der Waals surface area (Å²) in [5.41, 5.74) is 7.06. The van der Waals surface area contributed by atoms with Gasteiger partial charge in [0.2, 0.25) is 5.91 Å². The molecule has 3 rings (SSSR count). The van der Waals surface area contributed by atoms with E-state index in [1.54, 1.807) is 12.1 Å². The number of carbonyl (C=O) groups is 2. The van der Waals surface area contributed by atoms with Crippen molar-refractivity contribution in [3.05, 3.63) is 45.3 Å². The van der Waals surface area contributed by atoms with E-state index in [2.05, 4.69) is 17.1 Å². The van der Waals surface area contributed by atoms with Crippen LogP contribution in [0.15, 0.2) is 29.2 Å². The Morgan fingerprint density at radius 3 is 2.73 bits per heavy atom. The van der Waals surface area contributed by atoms with E-state index in [1.807, 2.05) is 12.1 Å². The van der Waals surface area contributed by atoms with Gasteiger partial charge in [-0.2, -0.15) is 0 Å². The average molecular weight is 410 g/mol. The lowest BCUT2D eigenvalue weighted by Crippen LogP contribution is -2.30. The largest absolute Gasteiger partial charge is 0.365 e. The number of nitrogens with zero attached hydrogens (tertiary/aromatic N) is 1. The first-order chi connectivity index (χ1) is 12.5. The third-order valence-corrected chi connectivity index (χ3v) is 6.66. The van der Waals surface area contributed by atoms with Crippen LogP contribution in [-0.2, 0) is 17.8 Å². The molecular weight excluding hydrogens is 390 g/mol. The summed E-state index contributed by atoms with van der Waals surface area (Å²) in [4.78, 5) is 28.7. The molecule has 0 bridgehead atoms. The van der Waals surface area contributed by atoms with Gasteiger partial charge in [0, 0.05) is 27.9 Å². The number of nitrogens with two attached hydrogens (primary N) is 1. The number of nitrogens with one attached hydrogen (secondary N) is 1. The molecule has 0 unspecified atom stereocenters. The van der Waals surface area contributed by atoms with Crippen molar-refractivity contribution < 1.29 is 9.59 Å². The minimum absolute atomic E-state index is 0.154. The minimum atomic E-state index is -0.479. The van der Waals surface area contributed by atoms with E-state index in [0.29, 0.717) is 15.6 Å². The van der Waals surface area contributed by atoms with Crippen LogP contribution in [0.25, 0.3) is 0 Å². The van der Waals surface area contributed by atoms with Crippen molar-refractivity contribution in [3.8, 4) is 0 Å². The molecule has 1 aromatic heterocycles. The molecule has 1 aliphatic heterocycles. The number of hydrogen-bond donors (Lipinski definition) is 2. The number of hydrogen-bond acceptors (Lipinski definition) is 5. The number of benzene rings is 1. The van der Waals surface area contributed by atoms with Gasteiger partial charge in [-0.1, -0.05) is 18.5 Å². The van der Waals surface area contributed by atoms with E-state index < -0.39 is 5.91 Å². The monoisotopic (exact) mass is 409 g/mol. The van der Waals surface area contributed by atoms with Crippen LogP contribution >= 0.6 is 34.7 Å². The van der Waals surface area contributed by atoms with Crippen LogP contribution in [-0.4, -0.2) is 35.6 Å². The molecule has 2 heterocycles. The Morgan fingerprint density at radius 1 is 1.35 bits per heavy atom. The molecule has 2 aromatic rings. The second kappa shape index (κ2) is 8.43. The Kier molecular flexibility index (Phi) is 6.24. The summed E-state index contributed by atoms with van der Waals surface area (Å²) in [6.07, 6.45) is 0.785. The summed E-state index contributed by atoms with van der Waals surface area (Å²) in [6, 6.07) is 7.33. The molecule has 8 heteroatoms. The highest BCUT2D eigenvalue weighted by atomic mass is 35.5. The summed E-state index contributed by atoms with van der Waals surface area (Å²) in [7, 11) is 0. The zero-order chi connectivity index (χ0) is 18.7. The molecule has 1 aliphatic rings. The quantitative estimate of drug-likeness (QED) is 0.714. The predicted octanol–water partition coefficient (Wildman–Crippen LogP) is 3.61. The molecule has 0 fully saturated rings. The van der Waals surface area contributed by atoms with E-state index in [4.69, 9.17) is 17.3 Å². The zero-order valence-corrected chi connectivity index (χ0v) is 16.8. The topological polar surface area (TPSA) is 75.4 Å². The van der Waals surface area contributed by atoms with Crippen molar-refractivity contribution in [2.45, 2.75) is 24.8 Å². The lowest BCUT2D eigenvalue weighted by Gasteiger charge is -2.25. The number of rotatable bonds is 6. The molecule has 0 radical (unpaired) electrons. The third kappa shape index (κ3) is 4.40. The molecule has 26 heavy (non-hydrogen) atoms. The highest BCUT2D eigenvalue weighted by Crippen LogP contribution is 2.37. The lowest BCUT2D eigenvalue weighted by molar-refractivity contribution is -0.113. The summed E-state index contributed by atoms with van der Waals surface area (Å²) in [5, 5.41) is 4.11. The molecule has 2 amide bonds. The number of amides is 2. The van der Waals surface area contributed by atoms with E-state index >= 15 is 0 Å². The number of carbonyl (C=O) groups excluding carboxylic acids is 2. The van der Waals surface area contributed by atoms with Crippen LogP contribution in [0.3, 0.4) is 0 Å². The van der Waals surface area contributed by atoms with Gasteiger partial charge in [-0.3, -0.25) is 14.5 Å². The van der Waals surface area contributed by atoms with Crippen molar-refractivity contribution in [1.82, 2.24) is 4.90 Å². The van der Waals surface area contributed by atoms with Crippen LogP contribution in [0.1, 0.15) is 27.7 Å². The van der Waals surface area contributed by atoms with Gasteiger partial charge in [0.1, 0.15) is 5.00 Å². The van der Waals surface area contributed by atoms with E-state index in [9.17, 15) is 9.59 Å². The van der Waals surface area contributed by atoms with Crippen molar-refractivity contribution in [2.24, 2.45) is 5.73 Å². The molecule has 0 saturated heterocycles. The van der Waals surface area contributed by atoms with Crippen molar-refractivity contribution in [3.63, 3.8) is 0 Å². The van der Waals surface area contributed by atoms with Gasteiger partial charge in [-0.05, 0) is 42.8 Å². The van der Waals surface area contributed by atoms with Gasteiger partial charge in [0.05, 0.1) is 11.3 Å². The minimum Gasteiger partial charge on any atom is -0.365 e. The van der Waals surface area contributed by atoms with Gasteiger partial charge < -0.3 is 11.1 Å². The zero-order valence-electron chi connectivity index (χ0n) is 14.4. The molecule has 0 aliphatic carbocycles. The van der Waals surface area contributed by atoms with Gasteiger partial charge in [0.25, 0.3) is 5.91 Å². The van der Waals surface area contributed by atoms with Gasteiger partial charge >= 0.3 is 0 Å². The Morgan fingerprint density at radius 2 is 2.08 bits per heavy atom. The molecule has 1 aromatic carbocycles. The lowest BCUT2D eigenvalue weighted by atomic mass is 10.0. The highest BCUT2D eigenvalue weighted by molar-refractivity contribution is 8.00. The number of likely N-dealkylation sites (N-methyl/N-ethyl adjacent to an activating group) is 1. The molecule has 0 atom stereocenters. The standard InChI is InChI=1S/C18H20ClN3O2S2/c1-2-22-8-7-13-14(9-22)26-18(16(13)17(20)24)21-15(23)10-25-12-5-3-11(19)4-6-12/h3-6H,2,7-10H2,1H3,(H2,20,24)(H,21,23). The highest BCUT2D eigenvalue weighted by Gasteiger charge is 2.27. The first-order valence-electron chi connectivity index (χ1n) is 8.32. The van der Waals surface area contributed by atoms with Crippen LogP contribution < -0.4 is 11.1 Å². The fraction of sp³-hybridized carbons (Fsp3) is 0.333. The van der Waals surface area contributed by atoms with E-state index in [1.165, 1.54) is 23.1 Å². The third-order valence-electron chi connectivity index (χ3n) is 4.27. The smallest absolute Gasteiger partial charge is 0.251 e. The average Bonchev–Trinajstić information content (AvgIpc) is 2.98. The first kappa shape index (κ1) is 19.2. The summed E-state index contributed by atoms with van der Waals surface area (Å²) < 4.78 is 0. The van der Waals surface area contributed by atoms with Crippen molar-refractivity contribution >= 4 is 51.5 Å². The Balaban J connectivity index is 1.70. The maximum Gasteiger partial charge on any atom is 0.251 e. The number of fused-ring (bicyclic) bond motifs is 1.